The Hall–Kier alpha value is -2.42. The number of thiazole rings is 1. The van der Waals surface area contributed by atoms with Crippen molar-refractivity contribution in [1.82, 2.24) is 25.6 Å². The predicted octanol–water partition coefficient (Wildman–Crippen LogP) is 0.606. The van der Waals surface area contributed by atoms with E-state index in [4.69, 9.17) is 5.11 Å². The van der Waals surface area contributed by atoms with Crippen LogP contribution in [0.15, 0.2) is 17.9 Å². The largest absolute Gasteiger partial charge is 0.476 e. The van der Waals surface area contributed by atoms with Crippen molar-refractivity contribution in [2.24, 2.45) is 0 Å². The molecule has 4 N–H and O–H groups in total. The van der Waals surface area contributed by atoms with Gasteiger partial charge in [0, 0.05) is 24.5 Å². The molecule has 2 rings (SSSR count). The molecule has 0 aliphatic heterocycles. The highest BCUT2D eigenvalue weighted by Crippen LogP contribution is 2.09. The van der Waals surface area contributed by atoms with Gasteiger partial charge in [0.15, 0.2) is 5.69 Å². The van der Waals surface area contributed by atoms with Crippen LogP contribution in [0, 0.1) is 0 Å². The van der Waals surface area contributed by atoms with Crippen molar-refractivity contribution in [1.29, 1.82) is 0 Å². The van der Waals surface area contributed by atoms with E-state index < -0.39 is 5.97 Å². The van der Waals surface area contributed by atoms with Crippen molar-refractivity contribution < 1.29 is 14.7 Å². The summed E-state index contributed by atoms with van der Waals surface area (Å²) in [5, 5.41) is 16.2. The van der Waals surface area contributed by atoms with Crippen molar-refractivity contribution in [3.05, 3.63) is 34.3 Å². The fourth-order valence-electron chi connectivity index (χ4n) is 1.43. The number of hydrogen-bond acceptors (Lipinski definition) is 5. The van der Waals surface area contributed by atoms with E-state index in [2.05, 4.69) is 25.6 Å². The third kappa shape index (κ3) is 4.05. The first-order valence-electron chi connectivity index (χ1n) is 5.82. The van der Waals surface area contributed by atoms with Crippen molar-refractivity contribution in [3.63, 3.8) is 0 Å². The van der Waals surface area contributed by atoms with Crippen molar-refractivity contribution in [3.8, 4) is 0 Å². The standard InChI is InChI=1S/C11H13N5O3S/c17-10(18)8-5-20-9(16-8)1-2-13-11(19)14-4-7-3-12-6-15-7/h3,5-6H,1-2,4H2,(H,12,15)(H,17,18)(H2,13,14,19). The Kier molecular flexibility index (Phi) is 4.66. The lowest BCUT2D eigenvalue weighted by Crippen LogP contribution is -2.36. The Morgan fingerprint density at radius 2 is 2.25 bits per heavy atom. The van der Waals surface area contributed by atoms with Crippen molar-refractivity contribution in [2.75, 3.05) is 6.54 Å². The number of carbonyl (C=O) groups is 2. The van der Waals surface area contributed by atoms with Gasteiger partial charge >= 0.3 is 12.0 Å². The molecule has 0 bridgehead atoms. The zero-order valence-corrected chi connectivity index (χ0v) is 11.2. The molecule has 2 amide bonds. The van der Waals surface area contributed by atoms with Crippen LogP contribution < -0.4 is 10.6 Å². The number of H-pyrrole nitrogens is 1. The van der Waals surface area contributed by atoms with E-state index >= 15 is 0 Å². The molecule has 0 radical (unpaired) electrons. The number of imidazole rings is 1. The summed E-state index contributed by atoms with van der Waals surface area (Å²) in [4.78, 5) is 32.8. The summed E-state index contributed by atoms with van der Waals surface area (Å²) in [6.45, 7) is 0.758. The quantitative estimate of drug-likeness (QED) is 0.622. The second kappa shape index (κ2) is 6.66. The summed E-state index contributed by atoms with van der Waals surface area (Å²) in [6, 6.07) is -0.297. The molecule has 0 aromatic carbocycles. The van der Waals surface area contributed by atoms with Crippen LogP contribution in [0.3, 0.4) is 0 Å². The van der Waals surface area contributed by atoms with Gasteiger partial charge in [0.2, 0.25) is 0 Å². The number of rotatable bonds is 6. The smallest absolute Gasteiger partial charge is 0.355 e. The number of carboxylic acids is 1. The van der Waals surface area contributed by atoms with Gasteiger partial charge in [0.1, 0.15) is 0 Å². The van der Waals surface area contributed by atoms with Crippen LogP contribution in [0.5, 0.6) is 0 Å². The van der Waals surface area contributed by atoms with Gasteiger partial charge in [-0.3, -0.25) is 0 Å². The van der Waals surface area contributed by atoms with E-state index in [0.717, 1.165) is 5.69 Å². The van der Waals surface area contributed by atoms with Gasteiger partial charge in [-0.05, 0) is 0 Å². The second-order valence-corrected chi connectivity index (χ2v) is 4.81. The van der Waals surface area contributed by atoms with E-state index in [1.165, 1.54) is 23.0 Å². The fourth-order valence-corrected chi connectivity index (χ4v) is 2.20. The van der Waals surface area contributed by atoms with Crippen LogP contribution in [0.4, 0.5) is 4.79 Å². The van der Waals surface area contributed by atoms with E-state index in [-0.39, 0.29) is 11.7 Å². The monoisotopic (exact) mass is 295 g/mol. The molecule has 8 nitrogen and oxygen atoms in total. The minimum absolute atomic E-state index is 0.0358. The molecule has 0 aliphatic rings. The summed E-state index contributed by atoms with van der Waals surface area (Å²) in [6.07, 6.45) is 3.66. The van der Waals surface area contributed by atoms with E-state index in [1.54, 1.807) is 6.20 Å². The number of nitrogens with one attached hydrogen (secondary N) is 3. The molecule has 20 heavy (non-hydrogen) atoms. The summed E-state index contributed by atoms with van der Waals surface area (Å²) in [7, 11) is 0. The Morgan fingerprint density at radius 1 is 1.40 bits per heavy atom. The Bertz CT molecular complexity index is 581. The van der Waals surface area contributed by atoms with E-state index in [9.17, 15) is 9.59 Å². The first kappa shape index (κ1) is 14.0. The van der Waals surface area contributed by atoms with Crippen molar-refractivity contribution in [2.45, 2.75) is 13.0 Å². The molecule has 0 aliphatic carbocycles. The molecule has 2 aromatic rings. The number of aromatic amines is 1. The Balaban J connectivity index is 1.67. The van der Waals surface area contributed by atoms with Crippen LogP contribution >= 0.6 is 11.3 Å². The molecule has 0 spiro atoms. The third-order valence-electron chi connectivity index (χ3n) is 2.39. The molecular weight excluding hydrogens is 282 g/mol. The lowest BCUT2D eigenvalue weighted by atomic mass is 10.4. The number of urea groups is 1. The average Bonchev–Trinajstić information content (AvgIpc) is 3.07. The number of aromatic carboxylic acids is 1. The highest BCUT2D eigenvalue weighted by Gasteiger charge is 2.08. The third-order valence-corrected chi connectivity index (χ3v) is 3.30. The second-order valence-electron chi connectivity index (χ2n) is 3.87. The average molecular weight is 295 g/mol. The maximum atomic E-state index is 11.5. The molecule has 0 atom stereocenters. The summed E-state index contributed by atoms with van der Waals surface area (Å²) in [5.74, 6) is -1.04. The van der Waals surface area contributed by atoms with Crippen LogP contribution in [-0.2, 0) is 13.0 Å². The van der Waals surface area contributed by atoms with Gasteiger partial charge in [-0.1, -0.05) is 0 Å². The lowest BCUT2D eigenvalue weighted by molar-refractivity contribution is 0.0691. The van der Waals surface area contributed by atoms with Gasteiger partial charge in [-0.2, -0.15) is 0 Å². The first-order valence-corrected chi connectivity index (χ1v) is 6.70. The summed E-state index contributed by atoms with van der Waals surface area (Å²) in [5.41, 5.74) is 0.847. The van der Waals surface area contributed by atoms with Gasteiger partial charge < -0.3 is 20.7 Å². The zero-order chi connectivity index (χ0) is 14.4. The van der Waals surface area contributed by atoms with Crippen LogP contribution in [0.2, 0.25) is 0 Å². The lowest BCUT2D eigenvalue weighted by Gasteiger charge is -2.05. The maximum Gasteiger partial charge on any atom is 0.355 e. The fraction of sp³-hybridized carbons (Fsp3) is 0.273. The Morgan fingerprint density at radius 3 is 2.90 bits per heavy atom. The van der Waals surface area contributed by atoms with Crippen molar-refractivity contribution >= 4 is 23.3 Å². The molecule has 2 heterocycles. The molecule has 9 heteroatoms. The van der Waals surface area contributed by atoms with Gasteiger partial charge in [0.25, 0.3) is 0 Å². The molecule has 0 unspecified atom stereocenters. The van der Waals surface area contributed by atoms with Crippen LogP contribution in [-0.4, -0.2) is 38.6 Å². The van der Waals surface area contributed by atoms with Gasteiger partial charge in [-0.25, -0.2) is 19.6 Å². The number of amides is 2. The van der Waals surface area contributed by atoms with E-state index in [0.29, 0.717) is 24.5 Å². The SMILES string of the molecule is O=C(NCCc1nc(C(=O)O)cs1)NCc1cnc[nH]1. The van der Waals surface area contributed by atoms with E-state index in [1.807, 2.05) is 0 Å². The molecule has 0 saturated heterocycles. The number of nitrogens with zero attached hydrogens (tertiary/aromatic N) is 2. The minimum atomic E-state index is -1.04. The van der Waals surface area contributed by atoms with Gasteiger partial charge in [-0.15, -0.1) is 11.3 Å². The molecule has 2 aromatic heterocycles. The minimum Gasteiger partial charge on any atom is -0.476 e. The highest BCUT2D eigenvalue weighted by atomic mass is 32.1. The zero-order valence-electron chi connectivity index (χ0n) is 10.4. The summed E-state index contributed by atoms with van der Waals surface area (Å²) < 4.78 is 0. The normalized spacial score (nSPS) is 10.2. The summed E-state index contributed by atoms with van der Waals surface area (Å²) >= 11 is 1.26. The number of carboxylic acid groups (broad SMARTS) is 1. The number of aromatic nitrogens is 3. The Labute approximate surface area is 118 Å². The topological polar surface area (TPSA) is 120 Å². The maximum absolute atomic E-state index is 11.5. The van der Waals surface area contributed by atoms with Gasteiger partial charge in [0.05, 0.1) is 23.6 Å². The molecule has 0 fully saturated rings. The molecule has 0 saturated carbocycles. The predicted molar refractivity (Wildman–Crippen MR) is 71.6 cm³/mol. The first-order chi connectivity index (χ1) is 9.65. The number of carbonyl (C=O) groups excluding carboxylic acids is 1. The van der Waals surface area contributed by atoms with Crippen LogP contribution in [0.25, 0.3) is 0 Å². The number of hydrogen-bond donors (Lipinski definition) is 4. The van der Waals surface area contributed by atoms with Crippen LogP contribution in [0.1, 0.15) is 21.2 Å². The molecule has 106 valence electrons. The molecular formula is C11H13N5O3S. The highest BCUT2D eigenvalue weighted by molar-refractivity contribution is 7.09.